The maximum atomic E-state index is 9.79. The Morgan fingerprint density at radius 2 is 1.82 bits per heavy atom. The summed E-state index contributed by atoms with van der Waals surface area (Å²) in [6, 6.07) is 9.70. The summed E-state index contributed by atoms with van der Waals surface area (Å²) < 4.78 is 0. The summed E-state index contributed by atoms with van der Waals surface area (Å²) in [5.74, 6) is 0. The summed E-state index contributed by atoms with van der Waals surface area (Å²) in [7, 11) is 0. The van der Waals surface area contributed by atoms with E-state index in [1.54, 1.807) is 0 Å². The van der Waals surface area contributed by atoms with Crippen molar-refractivity contribution in [1.82, 2.24) is 5.32 Å². The second-order valence-electron chi connectivity index (χ2n) is 2.94. The molecule has 2 nitrogen and oxygen atoms in total. The third-order valence-corrected chi connectivity index (χ3v) is 2.06. The molecule has 2 heteroatoms. The molecule has 0 unspecified atom stereocenters. The molecule has 1 fully saturated rings. The van der Waals surface area contributed by atoms with Gasteiger partial charge in [-0.05, 0) is 5.56 Å². The topological polar surface area (TPSA) is 34.3 Å². The number of hydrogen-bond donors (Lipinski definition) is 1. The Labute approximate surface area is 65.9 Å². The lowest BCUT2D eigenvalue weighted by atomic mass is 9.88. The van der Waals surface area contributed by atoms with Crippen LogP contribution in [-0.2, 0) is 5.60 Å². The molecule has 0 saturated carbocycles. The van der Waals surface area contributed by atoms with Crippen LogP contribution in [0.2, 0.25) is 0 Å². The van der Waals surface area contributed by atoms with Crippen LogP contribution < -0.4 is 5.32 Å². The molecule has 57 valence electrons. The van der Waals surface area contributed by atoms with Gasteiger partial charge in [-0.2, -0.15) is 0 Å². The Kier molecular flexibility index (Phi) is 1.44. The van der Waals surface area contributed by atoms with Gasteiger partial charge >= 0.3 is 0 Å². The highest BCUT2D eigenvalue weighted by molar-refractivity contribution is 5.25. The van der Waals surface area contributed by atoms with Gasteiger partial charge in [0.25, 0.3) is 0 Å². The van der Waals surface area contributed by atoms with E-state index in [0.29, 0.717) is 13.1 Å². The van der Waals surface area contributed by atoms with Crippen molar-refractivity contribution >= 4 is 0 Å². The number of hydrogen-bond acceptors (Lipinski definition) is 1. The summed E-state index contributed by atoms with van der Waals surface area (Å²) in [6.07, 6.45) is 0. The zero-order valence-electron chi connectivity index (χ0n) is 6.20. The predicted molar refractivity (Wildman–Crippen MR) is 42.2 cm³/mol. The minimum Gasteiger partial charge on any atom is -0.382 e. The van der Waals surface area contributed by atoms with Crippen LogP contribution >= 0.6 is 0 Å². The van der Waals surface area contributed by atoms with E-state index in [1.807, 2.05) is 30.3 Å². The number of rotatable bonds is 1. The first-order valence-corrected chi connectivity index (χ1v) is 3.72. The lowest BCUT2D eigenvalue weighted by Crippen LogP contribution is -2.52. The molecule has 1 aromatic rings. The van der Waals surface area contributed by atoms with Crippen LogP contribution in [0, 0.1) is 0 Å². The Hall–Kier alpha value is -0.860. The minimum absolute atomic E-state index is 0.553. The second-order valence-corrected chi connectivity index (χ2v) is 2.94. The van der Waals surface area contributed by atoms with Gasteiger partial charge in [-0.3, -0.25) is 0 Å². The molecule has 0 aliphatic carbocycles. The molecule has 1 heterocycles. The smallest absolute Gasteiger partial charge is 0.118 e. The molecule has 1 aromatic carbocycles. The fourth-order valence-corrected chi connectivity index (χ4v) is 1.25. The predicted octanol–water partition coefficient (Wildman–Crippen LogP) is 0.492. The molecular formula is C9H10NO. The van der Waals surface area contributed by atoms with Gasteiger partial charge in [0, 0.05) is 13.1 Å². The molecule has 11 heavy (non-hydrogen) atoms. The van der Waals surface area contributed by atoms with Gasteiger partial charge in [0.2, 0.25) is 0 Å². The highest BCUT2D eigenvalue weighted by Gasteiger charge is 2.36. The van der Waals surface area contributed by atoms with Crippen molar-refractivity contribution in [2.45, 2.75) is 5.60 Å². The van der Waals surface area contributed by atoms with E-state index in [4.69, 9.17) is 0 Å². The van der Waals surface area contributed by atoms with Crippen molar-refractivity contribution in [2.24, 2.45) is 0 Å². The summed E-state index contributed by atoms with van der Waals surface area (Å²) >= 11 is 0. The van der Waals surface area contributed by atoms with E-state index in [0.717, 1.165) is 5.56 Å². The third-order valence-electron chi connectivity index (χ3n) is 2.06. The van der Waals surface area contributed by atoms with Crippen LogP contribution in [0.5, 0.6) is 0 Å². The zero-order valence-corrected chi connectivity index (χ0v) is 6.20. The van der Waals surface area contributed by atoms with Crippen LogP contribution in [0.15, 0.2) is 30.3 Å². The van der Waals surface area contributed by atoms with Crippen LogP contribution in [-0.4, -0.2) is 18.2 Å². The largest absolute Gasteiger partial charge is 0.382 e. The Morgan fingerprint density at radius 3 is 2.27 bits per heavy atom. The van der Waals surface area contributed by atoms with Crippen molar-refractivity contribution in [1.29, 1.82) is 0 Å². The summed E-state index contributed by atoms with van der Waals surface area (Å²) in [5, 5.41) is 13.8. The molecule has 0 bridgehead atoms. The van der Waals surface area contributed by atoms with Crippen LogP contribution in [0.1, 0.15) is 5.56 Å². The number of benzene rings is 1. The molecule has 1 radical (unpaired) electrons. The van der Waals surface area contributed by atoms with Gasteiger partial charge in [-0.1, -0.05) is 30.3 Å². The van der Waals surface area contributed by atoms with E-state index in [9.17, 15) is 5.11 Å². The molecular weight excluding hydrogens is 138 g/mol. The fourth-order valence-electron chi connectivity index (χ4n) is 1.25. The maximum Gasteiger partial charge on any atom is 0.118 e. The molecule has 1 aliphatic rings. The lowest BCUT2D eigenvalue weighted by molar-refractivity contribution is -0.0175. The molecule has 0 aromatic heterocycles. The van der Waals surface area contributed by atoms with E-state index >= 15 is 0 Å². The highest BCUT2D eigenvalue weighted by Crippen LogP contribution is 2.25. The quantitative estimate of drug-likeness (QED) is 0.618. The molecule has 0 amide bonds. The molecule has 1 saturated heterocycles. The summed E-state index contributed by atoms with van der Waals surface area (Å²) in [4.78, 5) is 0. The minimum atomic E-state index is -0.652. The van der Waals surface area contributed by atoms with Gasteiger partial charge in [0.1, 0.15) is 5.60 Å². The first kappa shape index (κ1) is 6.83. The molecule has 0 spiro atoms. The van der Waals surface area contributed by atoms with Crippen LogP contribution in [0.3, 0.4) is 0 Å². The average molecular weight is 148 g/mol. The number of aliphatic hydroxyl groups is 1. The van der Waals surface area contributed by atoms with E-state index < -0.39 is 5.60 Å². The molecule has 1 aliphatic heterocycles. The second kappa shape index (κ2) is 2.32. The molecule has 0 atom stereocenters. The molecule has 1 N–H and O–H groups in total. The SMILES string of the molecule is OC1(c2ccccc2)C[N]C1. The lowest BCUT2D eigenvalue weighted by Gasteiger charge is -2.36. The average Bonchev–Trinajstić information content (AvgIpc) is 2.02. The normalized spacial score (nSPS) is 20.8. The van der Waals surface area contributed by atoms with Crippen LogP contribution in [0.4, 0.5) is 0 Å². The van der Waals surface area contributed by atoms with E-state index in [-0.39, 0.29) is 0 Å². The summed E-state index contributed by atoms with van der Waals surface area (Å²) in [6.45, 7) is 1.11. The Bertz CT molecular complexity index is 241. The first-order chi connectivity index (χ1) is 5.31. The van der Waals surface area contributed by atoms with Gasteiger partial charge in [0.15, 0.2) is 0 Å². The van der Waals surface area contributed by atoms with Gasteiger partial charge in [-0.15, -0.1) is 0 Å². The van der Waals surface area contributed by atoms with Crippen molar-refractivity contribution in [3.05, 3.63) is 35.9 Å². The van der Waals surface area contributed by atoms with Crippen molar-refractivity contribution < 1.29 is 5.11 Å². The van der Waals surface area contributed by atoms with E-state index in [2.05, 4.69) is 5.32 Å². The number of nitrogens with zero attached hydrogens (tertiary/aromatic N) is 1. The Balaban J connectivity index is 2.29. The van der Waals surface area contributed by atoms with Gasteiger partial charge < -0.3 is 5.11 Å². The van der Waals surface area contributed by atoms with Gasteiger partial charge in [-0.25, -0.2) is 5.32 Å². The highest BCUT2D eigenvalue weighted by atomic mass is 16.3. The fraction of sp³-hybridized carbons (Fsp3) is 0.333. The van der Waals surface area contributed by atoms with Crippen molar-refractivity contribution in [3.63, 3.8) is 0 Å². The maximum absolute atomic E-state index is 9.79. The van der Waals surface area contributed by atoms with E-state index in [1.165, 1.54) is 0 Å². The van der Waals surface area contributed by atoms with Crippen molar-refractivity contribution in [2.75, 3.05) is 13.1 Å². The first-order valence-electron chi connectivity index (χ1n) is 3.72. The standard InChI is InChI=1S/C9H10NO/c11-9(6-10-7-9)8-4-2-1-3-5-8/h1-5,11H,6-7H2. The van der Waals surface area contributed by atoms with Crippen LogP contribution in [0.25, 0.3) is 0 Å². The Morgan fingerprint density at radius 1 is 1.18 bits per heavy atom. The summed E-state index contributed by atoms with van der Waals surface area (Å²) in [5.41, 5.74) is 0.330. The molecule has 2 rings (SSSR count). The third kappa shape index (κ3) is 1.04. The van der Waals surface area contributed by atoms with Gasteiger partial charge in [0.05, 0.1) is 0 Å². The zero-order chi connectivity index (χ0) is 7.73. The van der Waals surface area contributed by atoms with Crippen molar-refractivity contribution in [3.8, 4) is 0 Å². The monoisotopic (exact) mass is 148 g/mol.